The van der Waals surface area contributed by atoms with Crippen LogP contribution in [-0.2, 0) is 11.4 Å². The predicted molar refractivity (Wildman–Crippen MR) is 265 cm³/mol. The summed E-state index contributed by atoms with van der Waals surface area (Å²) >= 11 is 15.3. The molecule has 15 nitrogen and oxygen atoms in total. The molecule has 2 saturated heterocycles. The van der Waals surface area contributed by atoms with Crippen molar-refractivity contribution in [3.63, 3.8) is 0 Å². The number of aromatic nitrogens is 6. The van der Waals surface area contributed by atoms with E-state index >= 15 is 0 Å². The van der Waals surface area contributed by atoms with Gasteiger partial charge in [-0.15, -0.1) is 4.72 Å². The fourth-order valence-corrected chi connectivity index (χ4v) is 13.2. The largest absolute Gasteiger partial charge is 0.598 e. The number of hydrogen-bond donors (Lipinski definition) is 4. The molecule has 6 heterocycles. The molecular formula is C44H62Cl2N14OS3. The molecular weight excluding hydrogens is 908 g/mol. The van der Waals surface area contributed by atoms with Gasteiger partial charge in [0.25, 0.3) is 0 Å². The lowest BCUT2D eigenvalue weighted by Gasteiger charge is -2.44. The first-order chi connectivity index (χ1) is 30.4. The minimum absolute atomic E-state index is 0.00209. The van der Waals surface area contributed by atoms with Gasteiger partial charge in [-0.3, -0.25) is 0 Å². The Morgan fingerprint density at radius 2 is 1.33 bits per heavy atom. The summed E-state index contributed by atoms with van der Waals surface area (Å²) in [5.41, 5.74) is 13.3. The first-order valence-electron chi connectivity index (χ1n) is 22.1. The summed E-state index contributed by atoms with van der Waals surface area (Å²) in [6.07, 6.45) is 16.3. The highest BCUT2D eigenvalue weighted by atomic mass is 35.5. The Labute approximate surface area is 399 Å². The van der Waals surface area contributed by atoms with Crippen molar-refractivity contribution in [2.75, 3.05) is 85.0 Å². The standard InChI is InChI=1S/C44H62Cl2N14OS3/c1-42(2,3)64(61)56-31-23-27(24-44(31)15-21-59(22-16-44)32-25-51-40(36(48)54-32)62-28-10-17-49-38(34(28)45)57(4)5)53-37-41(63-29-11-18-50-39(35(29)46)58(6)7)52-26-33(55-37)60-19-13-43(14-20-60)12-8-9-30(43)47/h10-11,17-18,25-27,30-31,56H,8-9,12-16,19-24,47H2,1-7H3,(H2,48,54)(H,53,55)/t27?,30-,31-,64-/m1/s1. The van der Waals surface area contributed by atoms with Crippen LogP contribution in [0.1, 0.15) is 78.6 Å². The van der Waals surface area contributed by atoms with E-state index in [1.54, 1.807) is 18.6 Å². The second kappa shape index (κ2) is 19.2. The predicted octanol–water partition coefficient (Wildman–Crippen LogP) is 7.76. The topological polar surface area (TPSA) is 189 Å². The van der Waals surface area contributed by atoms with Crippen LogP contribution in [0.25, 0.3) is 0 Å². The first-order valence-corrected chi connectivity index (χ1v) is 25.7. The Kier molecular flexibility index (Phi) is 14.2. The van der Waals surface area contributed by atoms with E-state index in [2.05, 4.69) is 29.8 Å². The Balaban J connectivity index is 1.03. The highest BCUT2D eigenvalue weighted by Gasteiger charge is 2.52. The van der Waals surface area contributed by atoms with E-state index in [1.165, 1.54) is 36.4 Å². The summed E-state index contributed by atoms with van der Waals surface area (Å²) in [6.45, 7) is 9.36. The van der Waals surface area contributed by atoms with Gasteiger partial charge in [-0.05, 0) is 95.1 Å². The van der Waals surface area contributed by atoms with Gasteiger partial charge in [-0.2, -0.15) is 0 Å². The molecule has 8 rings (SSSR count). The third-order valence-electron chi connectivity index (χ3n) is 13.6. The van der Waals surface area contributed by atoms with Crippen LogP contribution in [0.5, 0.6) is 0 Å². The molecule has 4 fully saturated rings. The lowest BCUT2D eigenvalue weighted by Crippen LogP contribution is -2.53. The number of hydrogen-bond acceptors (Lipinski definition) is 17. The van der Waals surface area contributed by atoms with Crippen molar-refractivity contribution in [1.82, 2.24) is 34.6 Å². The molecule has 4 aromatic rings. The monoisotopic (exact) mass is 968 g/mol. The minimum Gasteiger partial charge on any atom is -0.598 e. The molecule has 1 unspecified atom stereocenters. The normalized spacial score (nSPS) is 22.3. The highest BCUT2D eigenvalue weighted by molar-refractivity contribution is 7.99. The minimum atomic E-state index is -1.26. The number of piperidine rings is 2. The number of nitrogens with zero attached hydrogens (tertiary/aromatic N) is 10. The number of nitrogens with one attached hydrogen (secondary N) is 2. The van der Waals surface area contributed by atoms with Crippen molar-refractivity contribution in [3.8, 4) is 0 Å². The lowest BCUT2D eigenvalue weighted by atomic mass is 9.74. The molecule has 0 amide bonds. The zero-order valence-electron chi connectivity index (χ0n) is 37.9. The maximum Gasteiger partial charge on any atom is 0.161 e. The van der Waals surface area contributed by atoms with Crippen LogP contribution in [0, 0.1) is 10.8 Å². The average Bonchev–Trinajstić information content (AvgIpc) is 3.77. The molecule has 4 atom stereocenters. The molecule has 0 bridgehead atoms. The van der Waals surface area contributed by atoms with Crippen LogP contribution in [0.3, 0.4) is 0 Å². The molecule has 20 heteroatoms. The van der Waals surface area contributed by atoms with Gasteiger partial charge in [0.05, 0.1) is 28.5 Å². The third-order valence-corrected chi connectivity index (χ3v) is 18.3. The summed E-state index contributed by atoms with van der Waals surface area (Å²) in [4.78, 5) is 39.0. The zero-order valence-corrected chi connectivity index (χ0v) is 41.9. The first kappa shape index (κ1) is 47.3. The zero-order chi connectivity index (χ0) is 45.6. The number of anilines is 6. The number of halogens is 2. The summed E-state index contributed by atoms with van der Waals surface area (Å²) in [7, 11) is 7.68. The van der Waals surface area contributed by atoms with Crippen LogP contribution in [-0.4, -0.2) is 112 Å². The maximum absolute atomic E-state index is 13.8. The van der Waals surface area contributed by atoms with E-state index in [0.29, 0.717) is 32.5 Å². The molecule has 4 aromatic heterocycles. The van der Waals surface area contributed by atoms with Crippen LogP contribution in [0.2, 0.25) is 10.0 Å². The molecule has 6 N–H and O–H groups in total. The number of nitrogens with two attached hydrogens (primary N) is 2. The van der Waals surface area contributed by atoms with E-state index < -0.39 is 16.1 Å². The van der Waals surface area contributed by atoms with E-state index in [1.807, 2.05) is 77.1 Å². The van der Waals surface area contributed by atoms with E-state index in [0.717, 1.165) is 103 Å². The van der Waals surface area contributed by atoms with Gasteiger partial charge in [0.1, 0.15) is 38.1 Å². The number of pyridine rings is 2. The van der Waals surface area contributed by atoms with Crippen molar-refractivity contribution < 1.29 is 4.55 Å². The average molecular weight is 970 g/mol. The molecule has 2 spiro atoms. The SMILES string of the molecule is CN(C)c1nccc(Sc2ncc(N3CCC4(CC3)CC(Nc3nc(N5CCC6(CCC[C@H]6N)CC5)cnc3Sc3ccnc(N(C)C)c3Cl)C[C@H]4N[S@+]([O-])C(C)(C)C)nc2N)c1Cl. The molecule has 2 saturated carbocycles. The Morgan fingerprint density at radius 1 is 0.797 bits per heavy atom. The molecule has 4 aliphatic rings. The van der Waals surface area contributed by atoms with E-state index in [-0.39, 0.29) is 29.0 Å². The van der Waals surface area contributed by atoms with Crippen molar-refractivity contribution in [1.29, 1.82) is 0 Å². The third kappa shape index (κ3) is 9.90. The molecule has 0 radical (unpaired) electrons. The van der Waals surface area contributed by atoms with Gasteiger partial charge in [0.2, 0.25) is 0 Å². The fourth-order valence-electron chi connectivity index (χ4n) is 9.86. The fraction of sp³-hybridized carbons (Fsp3) is 0.591. The second-order valence-corrected chi connectivity index (χ2v) is 24.0. The van der Waals surface area contributed by atoms with Crippen molar-refractivity contribution in [2.45, 2.75) is 121 Å². The van der Waals surface area contributed by atoms with Gasteiger partial charge in [0, 0.05) is 100.0 Å². The van der Waals surface area contributed by atoms with Gasteiger partial charge in [0.15, 0.2) is 11.6 Å². The summed E-state index contributed by atoms with van der Waals surface area (Å²) < 4.78 is 17.0. The van der Waals surface area contributed by atoms with Gasteiger partial charge in [-0.1, -0.05) is 53.1 Å². The molecule has 2 aliphatic carbocycles. The Morgan fingerprint density at radius 3 is 1.84 bits per heavy atom. The smallest absolute Gasteiger partial charge is 0.161 e. The number of nitrogen functional groups attached to an aromatic ring is 1. The molecule has 64 heavy (non-hydrogen) atoms. The van der Waals surface area contributed by atoms with Crippen LogP contribution in [0.4, 0.5) is 34.9 Å². The Bertz CT molecular complexity index is 2290. The van der Waals surface area contributed by atoms with Crippen LogP contribution in [0.15, 0.2) is 56.8 Å². The van der Waals surface area contributed by atoms with Crippen molar-refractivity contribution in [3.05, 3.63) is 47.0 Å². The number of rotatable bonds is 12. The van der Waals surface area contributed by atoms with Crippen LogP contribution < -0.4 is 41.1 Å². The van der Waals surface area contributed by atoms with E-state index in [4.69, 9.17) is 54.6 Å². The second-order valence-electron chi connectivity index (χ2n) is 19.2. The maximum atomic E-state index is 13.8. The van der Waals surface area contributed by atoms with Gasteiger partial charge in [-0.25, -0.2) is 29.9 Å². The summed E-state index contributed by atoms with van der Waals surface area (Å²) in [6, 6.07) is 4.09. The van der Waals surface area contributed by atoms with Crippen molar-refractivity contribution >= 4 is 93.0 Å². The van der Waals surface area contributed by atoms with Gasteiger partial charge < -0.3 is 40.9 Å². The Hall–Kier alpha value is -3.23. The van der Waals surface area contributed by atoms with E-state index in [9.17, 15) is 4.55 Å². The molecule has 346 valence electrons. The summed E-state index contributed by atoms with van der Waals surface area (Å²) in [5.74, 6) is 4.04. The molecule has 2 aliphatic heterocycles. The van der Waals surface area contributed by atoms with Gasteiger partial charge >= 0.3 is 0 Å². The van der Waals surface area contributed by atoms with Crippen LogP contribution >= 0.6 is 46.7 Å². The lowest BCUT2D eigenvalue weighted by molar-refractivity contribution is 0.185. The summed E-state index contributed by atoms with van der Waals surface area (Å²) in [5, 5.41) is 6.35. The highest BCUT2D eigenvalue weighted by Crippen LogP contribution is 2.50. The molecule has 0 aromatic carbocycles. The van der Waals surface area contributed by atoms with Crippen molar-refractivity contribution in [2.24, 2.45) is 16.6 Å². The quantitative estimate of drug-likeness (QED) is 0.101.